The monoisotopic (exact) mass is 207 g/mol. The van der Waals surface area contributed by atoms with Gasteiger partial charge in [-0.05, 0) is 24.5 Å². The summed E-state index contributed by atoms with van der Waals surface area (Å²) < 4.78 is 5.72. The fourth-order valence-corrected chi connectivity index (χ4v) is 1.55. The average molecular weight is 207 g/mol. The van der Waals surface area contributed by atoms with Gasteiger partial charge in [0.25, 0.3) is 0 Å². The average Bonchev–Trinajstić information content (AvgIpc) is 2.31. The second-order valence-corrected chi connectivity index (χ2v) is 3.91. The Hall–Kier alpha value is -1.05. The Bertz CT molecular complexity index is 248. The van der Waals surface area contributed by atoms with E-state index < -0.39 is 0 Å². The molecule has 1 aromatic heterocycles. The third-order valence-electron chi connectivity index (χ3n) is 2.68. The van der Waals surface area contributed by atoms with Gasteiger partial charge in [-0.1, -0.05) is 33.1 Å². The Morgan fingerprint density at radius 2 is 2.00 bits per heavy atom. The van der Waals surface area contributed by atoms with Crippen LogP contribution in [0.3, 0.4) is 0 Å². The molecule has 15 heavy (non-hydrogen) atoms. The van der Waals surface area contributed by atoms with E-state index in [0.717, 1.165) is 12.4 Å². The summed E-state index contributed by atoms with van der Waals surface area (Å²) in [6.07, 6.45) is 8.58. The van der Waals surface area contributed by atoms with Gasteiger partial charge in [-0.2, -0.15) is 0 Å². The zero-order valence-corrected chi connectivity index (χ0v) is 9.78. The molecule has 0 aromatic carbocycles. The minimum Gasteiger partial charge on any atom is -0.493 e. The highest BCUT2D eigenvalue weighted by Crippen LogP contribution is 2.15. The summed E-state index contributed by atoms with van der Waals surface area (Å²) in [4.78, 5) is 3.96. The van der Waals surface area contributed by atoms with Crippen molar-refractivity contribution >= 4 is 0 Å². The molecule has 0 aliphatic heterocycles. The van der Waals surface area contributed by atoms with Crippen molar-refractivity contribution in [1.29, 1.82) is 0 Å². The van der Waals surface area contributed by atoms with Crippen LogP contribution in [-0.2, 0) is 0 Å². The SMILES string of the molecule is CCCCC(CC)COc1ccncc1. The number of unbranched alkanes of at least 4 members (excludes halogenated alkanes) is 1. The van der Waals surface area contributed by atoms with E-state index in [-0.39, 0.29) is 0 Å². The molecule has 0 amide bonds. The largest absolute Gasteiger partial charge is 0.493 e. The number of rotatable bonds is 7. The summed E-state index contributed by atoms with van der Waals surface area (Å²) in [6, 6.07) is 3.82. The highest BCUT2D eigenvalue weighted by atomic mass is 16.5. The van der Waals surface area contributed by atoms with Gasteiger partial charge in [0.1, 0.15) is 5.75 Å². The summed E-state index contributed by atoms with van der Waals surface area (Å²) in [6.45, 7) is 5.30. The van der Waals surface area contributed by atoms with E-state index in [4.69, 9.17) is 4.74 Å². The van der Waals surface area contributed by atoms with Gasteiger partial charge in [0, 0.05) is 12.4 Å². The van der Waals surface area contributed by atoms with Crippen LogP contribution in [0.2, 0.25) is 0 Å². The first-order chi connectivity index (χ1) is 7.36. The Kier molecular flexibility index (Phi) is 5.83. The molecule has 1 aromatic rings. The summed E-state index contributed by atoms with van der Waals surface area (Å²) in [5.74, 6) is 1.62. The van der Waals surface area contributed by atoms with Crippen molar-refractivity contribution in [3.05, 3.63) is 24.5 Å². The molecule has 2 heteroatoms. The van der Waals surface area contributed by atoms with Crippen LogP contribution in [0, 0.1) is 5.92 Å². The lowest BCUT2D eigenvalue weighted by Gasteiger charge is -2.15. The molecule has 0 N–H and O–H groups in total. The Morgan fingerprint density at radius 1 is 1.27 bits per heavy atom. The van der Waals surface area contributed by atoms with Gasteiger partial charge in [0.15, 0.2) is 0 Å². The molecule has 0 aliphatic carbocycles. The fourth-order valence-electron chi connectivity index (χ4n) is 1.55. The van der Waals surface area contributed by atoms with E-state index in [2.05, 4.69) is 18.8 Å². The van der Waals surface area contributed by atoms with Crippen LogP contribution < -0.4 is 4.74 Å². The van der Waals surface area contributed by atoms with E-state index in [1.165, 1.54) is 25.7 Å². The molecule has 0 radical (unpaired) electrons. The van der Waals surface area contributed by atoms with Gasteiger partial charge < -0.3 is 4.74 Å². The molecule has 1 rings (SSSR count). The van der Waals surface area contributed by atoms with Gasteiger partial charge in [-0.15, -0.1) is 0 Å². The maximum Gasteiger partial charge on any atom is 0.122 e. The van der Waals surface area contributed by atoms with Gasteiger partial charge in [0.2, 0.25) is 0 Å². The third-order valence-corrected chi connectivity index (χ3v) is 2.68. The smallest absolute Gasteiger partial charge is 0.122 e. The number of pyridine rings is 1. The number of hydrogen-bond donors (Lipinski definition) is 0. The van der Waals surface area contributed by atoms with E-state index in [9.17, 15) is 0 Å². The number of hydrogen-bond acceptors (Lipinski definition) is 2. The van der Waals surface area contributed by atoms with Gasteiger partial charge in [-0.25, -0.2) is 0 Å². The second kappa shape index (κ2) is 7.27. The highest BCUT2D eigenvalue weighted by Gasteiger charge is 2.06. The zero-order chi connectivity index (χ0) is 10.9. The first-order valence-corrected chi connectivity index (χ1v) is 5.89. The molecule has 0 bridgehead atoms. The topological polar surface area (TPSA) is 22.1 Å². The van der Waals surface area contributed by atoms with Crippen molar-refractivity contribution in [1.82, 2.24) is 4.98 Å². The third kappa shape index (κ3) is 4.82. The number of nitrogens with zero attached hydrogens (tertiary/aromatic N) is 1. The predicted molar refractivity (Wildman–Crippen MR) is 63.0 cm³/mol. The maximum absolute atomic E-state index is 5.72. The molecule has 1 unspecified atom stereocenters. The number of ether oxygens (including phenoxy) is 1. The van der Waals surface area contributed by atoms with Crippen LogP contribution in [0.25, 0.3) is 0 Å². The van der Waals surface area contributed by atoms with Crippen molar-refractivity contribution in [3.63, 3.8) is 0 Å². The fraction of sp³-hybridized carbons (Fsp3) is 0.615. The minimum absolute atomic E-state index is 0.693. The summed E-state index contributed by atoms with van der Waals surface area (Å²) >= 11 is 0. The lowest BCUT2D eigenvalue weighted by atomic mass is 10.0. The van der Waals surface area contributed by atoms with E-state index >= 15 is 0 Å². The molecule has 84 valence electrons. The minimum atomic E-state index is 0.693. The van der Waals surface area contributed by atoms with Crippen molar-refractivity contribution in [2.45, 2.75) is 39.5 Å². The second-order valence-electron chi connectivity index (χ2n) is 3.91. The van der Waals surface area contributed by atoms with Crippen LogP contribution in [0.15, 0.2) is 24.5 Å². The molecule has 0 spiro atoms. The molecule has 0 saturated carbocycles. The van der Waals surface area contributed by atoms with Gasteiger partial charge >= 0.3 is 0 Å². The molecule has 1 atom stereocenters. The van der Waals surface area contributed by atoms with E-state index in [1.807, 2.05) is 12.1 Å². The standard InChI is InChI=1S/C13H21NO/c1-3-5-6-12(4-2)11-15-13-7-9-14-10-8-13/h7-10,12H,3-6,11H2,1-2H3. The summed E-state index contributed by atoms with van der Waals surface area (Å²) in [5, 5.41) is 0. The van der Waals surface area contributed by atoms with Crippen LogP contribution in [0.4, 0.5) is 0 Å². The highest BCUT2D eigenvalue weighted by molar-refractivity contribution is 5.16. The number of aromatic nitrogens is 1. The quantitative estimate of drug-likeness (QED) is 0.680. The normalized spacial score (nSPS) is 12.4. The first-order valence-electron chi connectivity index (χ1n) is 5.89. The maximum atomic E-state index is 5.72. The Labute approximate surface area is 92.7 Å². The lowest BCUT2D eigenvalue weighted by molar-refractivity contribution is 0.233. The molecule has 2 nitrogen and oxygen atoms in total. The van der Waals surface area contributed by atoms with Crippen LogP contribution in [0.5, 0.6) is 5.75 Å². The Morgan fingerprint density at radius 3 is 2.60 bits per heavy atom. The summed E-state index contributed by atoms with van der Waals surface area (Å²) in [5.41, 5.74) is 0. The zero-order valence-electron chi connectivity index (χ0n) is 9.78. The summed E-state index contributed by atoms with van der Waals surface area (Å²) in [7, 11) is 0. The van der Waals surface area contributed by atoms with Crippen LogP contribution in [0.1, 0.15) is 39.5 Å². The van der Waals surface area contributed by atoms with Crippen LogP contribution in [-0.4, -0.2) is 11.6 Å². The predicted octanol–water partition coefficient (Wildman–Crippen LogP) is 3.68. The van der Waals surface area contributed by atoms with Crippen molar-refractivity contribution in [2.24, 2.45) is 5.92 Å². The molecule has 0 saturated heterocycles. The van der Waals surface area contributed by atoms with Crippen molar-refractivity contribution in [3.8, 4) is 5.75 Å². The molecule has 0 aliphatic rings. The lowest BCUT2D eigenvalue weighted by Crippen LogP contribution is -2.11. The van der Waals surface area contributed by atoms with E-state index in [0.29, 0.717) is 5.92 Å². The van der Waals surface area contributed by atoms with Gasteiger partial charge in [-0.3, -0.25) is 4.98 Å². The van der Waals surface area contributed by atoms with Gasteiger partial charge in [0.05, 0.1) is 6.61 Å². The first kappa shape index (κ1) is 12.0. The molecule has 1 heterocycles. The molecule has 0 fully saturated rings. The van der Waals surface area contributed by atoms with Crippen molar-refractivity contribution < 1.29 is 4.74 Å². The Balaban J connectivity index is 2.28. The van der Waals surface area contributed by atoms with Crippen LogP contribution >= 0.6 is 0 Å². The van der Waals surface area contributed by atoms with Crippen molar-refractivity contribution in [2.75, 3.05) is 6.61 Å². The van der Waals surface area contributed by atoms with E-state index in [1.54, 1.807) is 12.4 Å². The molecular weight excluding hydrogens is 186 g/mol. The molecular formula is C13H21NO.